The van der Waals surface area contributed by atoms with Gasteiger partial charge in [-0.25, -0.2) is 12.4 Å². The summed E-state index contributed by atoms with van der Waals surface area (Å²) >= 11 is 0. The number of halogens is 1. The second kappa shape index (κ2) is 7.98. The fourth-order valence-electron chi connectivity index (χ4n) is 4.24. The molecule has 2 aromatic carbocycles. The number of rotatable bonds is 4. The van der Waals surface area contributed by atoms with Crippen LogP contribution in [0.1, 0.15) is 23.1 Å². The van der Waals surface area contributed by atoms with Crippen LogP contribution >= 0.6 is 12.4 Å². The van der Waals surface area contributed by atoms with E-state index in [1.165, 1.54) is 9.54 Å². The summed E-state index contributed by atoms with van der Waals surface area (Å²) in [6, 6.07) is 12.9. The van der Waals surface area contributed by atoms with E-state index in [4.69, 9.17) is 9.47 Å². The summed E-state index contributed by atoms with van der Waals surface area (Å²) in [7, 11) is -1.93. The summed E-state index contributed by atoms with van der Waals surface area (Å²) in [6.07, 6.45) is 4.55. The Bertz CT molecular complexity index is 1200. The van der Waals surface area contributed by atoms with Gasteiger partial charge in [0.15, 0.2) is 11.5 Å². The normalized spacial score (nSPS) is 14.4. The van der Waals surface area contributed by atoms with Crippen molar-refractivity contribution in [2.45, 2.75) is 30.7 Å². The Morgan fingerprint density at radius 2 is 1.87 bits per heavy atom. The lowest BCUT2D eigenvalue weighted by Gasteiger charge is -2.14. The second-order valence-electron chi connectivity index (χ2n) is 7.34. The fourth-order valence-corrected chi connectivity index (χ4v) is 5.68. The number of benzene rings is 2. The number of nitrogens with zero attached hydrogens (tertiary/aromatic N) is 1. The SMILES string of the molecule is CNCc1cn(S(=O)(=O)c2ccc3c(c2)OCO3)c2c1CCCc1ccccc1-2.Cl. The molecule has 0 fully saturated rings. The number of fused-ring (bicyclic) bond motifs is 4. The van der Waals surface area contributed by atoms with Crippen LogP contribution in [-0.2, 0) is 29.4 Å². The second-order valence-corrected chi connectivity index (χ2v) is 9.15. The summed E-state index contributed by atoms with van der Waals surface area (Å²) in [4.78, 5) is 0.192. The Morgan fingerprint density at radius 1 is 1.07 bits per heavy atom. The number of aryl methyl sites for hydroxylation is 1. The summed E-state index contributed by atoms with van der Waals surface area (Å²) in [5, 5.41) is 3.17. The lowest BCUT2D eigenvalue weighted by molar-refractivity contribution is 0.174. The Hall–Kier alpha value is -2.48. The van der Waals surface area contributed by atoms with Gasteiger partial charge >= 0.3 is 0 Å². The highest BCUT2D eigenvalue weighted by Gasteiger charge is 2.29. The van der Waals surface area contributed by atoms with Crippen molar-refractivity contribution in [1.82, 2.24) is 9.29 Å². The van der Waals surface area contributed by atoms with E-state index >= 15 is 0 Å². The van der Waals surface area contributed by atoms with Gasteiger partial charge in [0.25, 0.3) is 10.0 Å². The van der Waals surface area contributed by atoms with Crippen molar-refractivity contribution >= 4 is 22.4 Å². The van der Waals surface area contributed by atoms with Gasteiger partial charge in [-0.1, -0.05) is 24.3 Å². The van der Waals surface area contributed by atoms with Crippen LogP contribution in [0.2, 0.25) is 0 Å². The van der Waals surface area contributed by atoms with Crippen molar-refractivity contribution in [1.29, 1.82) is 0 Å². The van der Waals surface area contributed by atoms with E-state index < -0.39 is 10.0 Å². The van der Waals surface area contributed by atoms with Crippen LogP contribution in [0.4, 0.5) is 0 Å². The van der Waals surface area contributed by atoms with E-state index in [0.717, 1.165) is 41.6 Å². The molecule has 2 heterocycles. The van der Waals surface area contributed by atoms with Gasteiger partial charge in [0.05, 0.1) is 10.6 Å². The van der Waals surface area contributed by atoms with Crippen LogP contribution in [0.25, 0.3) is 11.3 Å². The summed E-state index contributed by atoms with van der Waals surface area (Å²) in [5.74, 6) is 1.02. The van der Waals surface area contributed by atoms with E-state index in [9.17, 15) is 8.42 Å². The van der Waals surface area contributed by atoms with Crippen LogP contribution in [0, 0.1) is 0 Å². The molecule has 6 nitrogen and oxygen atoms in total. The summed E-state index contributed by atoms with van der Waals surface area (Å²) < 4.78 is 39.6. The zero-order chi connectivity index (χ0) is 20.0. The maximum atomic E-state index is 13.7. The van der Waals surface area contributed by atoms with Crippen molar-refractivity contribution in [2.24, 2.45) is 0 Å². The summed E-state index contributed by atoms with van der Waals surface area (Å²) in [6.45, 7) is 0.728. The third-order valence-corrected chi connectivity index (χ3v) is 7.24. The monoisotopic (exact) mass is 446 g/mol. The molecule has 0 saturated heterocycles. The maximum absolute atomic E-state index is 13.7. The molecule has 1 aliphatic heterocycles. The molecule has 0 radical (unpaired) electrons. The molecule has 0 atom stereocenters. The molecule has 5 rings (SSSR count). The molecule has 30 heavy (non-hydrogen) atoms. The first-order valence-corrected chi connectivity index (χ1v) is 11.1. The molecular weight excluding hydrogens is 424 g/mol. The van der Waals surface area contributed by atoms with E-state index in [1.807, 2.05) is 25.2 Å². The van der Waals surface area contributed by atoms with Crippen LogP contribution in [0.5, 0.6) is 11.5 Å². The molecule has 2 aliphatic rings. The van der Waals surface area contributed by atoms with Crippen molar-refractivity contribution in [3.63, 3.8) is 0 Å². The first-order chi connectivity index (χ1) is 14.1. The van der Waals surface area contributed by atoms with Gasteiger partial charge in [-0.05, 0) is 55.1 Å². The lowest BCUT2D eigenvalue weighted by Crippen LogP contribution is -2.14. The van der Waals surface area contributed by atoms with Gasteiger partial charge in [0.2, 0.25) is 6.79 Å². The van der Waals surface area contributed by atoms with Crippen LogP contribution < -0.4 is 14.8 Å². The molecular formula is C22H23ClN2O4S. The first kappa shape index (κ1) is 20.8. The zero-order valence-electron chi connectivity index (χ0n) is 16.6. The highest BCUT2D eigenvalue weighted by Crippen LogP contribution is 2.39. The fraction of sp³-hybridized carbons (Fsp3) is 0.273. The zero-order valence-corrected chi connectivity index (χ0v) is 18.2. The van der Waals surface area contributed by atoms with E-state index in [0.29, 0.717) is 18.0 Å². The molecule has 1 N–H and O–H groups in total. The third kappa shape index (κ3) is 3.27. The van der Waals surface area contributed by atoms with E-state index in [1.54, 1.807) is 24.4 Å². The minimum absolute atomic E-state index is 0. The van der Waals surface area contributed by atoms with Crippen LogP contribution in [0.15, 0.2) is 53.6 Å². The highest BCUT2D eigenvalue weighted by molar-refractivity contribution is 7.90. The number of nitrogens with one attached hydrogen (secondary N) is 1. The standard InChI is InChI=1S/C22H22N2O4S.ClH/c1-23-12-16-13-24(22-18-7-3-2-5-15(18)6-4-8-19(16)22)29(25,26)17-9-10-20-21(11-17)28-14-27-20;/h2-3,5,7,9-11,13,23H,4,6,8,12,14H2,1H3;1H. The Morgan fingerprint density at radius 3 is 2.70 bits per heavy atom. The quantitative estimate of drug-likeness (QED) is 0.661. The Kier molecular flexibility index (Phi) is 5.53. The minimum atomic E-state index is -3.81. The van der Waals surface area contributed by atoms with Crippen molar-refractivity contribution < 1.29 is 17.9 Å². The Labute approximate surface area is 182 Å². The summed E-state index contributed by atoms with van der Waals surface area (Å²) in [5.41, 5.74) is 5.08. The van der Waals surface area contributed by atoms with Crippen LogP contribution in [-0.4, -0.2) is 26.2 Å². The minimum Gasteiger partial charge on any atom is -0.454 e. The van der Waals surface area contributed by atoms with Crippen molar-refractivity contribution in [2.75, 3.05) is 13.8 Å². The third-order valence-electron chi connectivity index (χ3n) is 5.58. The molecule has 0 amide bonds. The van der Waals surface area contributed by atoms with Gasteiger partial charge in [-0.15, -0.1) is 12.4 Å². The molecule has 1 aromatic heterocycles. The van der Waals surface area contributed by atoms with E-state index in [2.05, 4.69) is 11.4 Å². The van der Waals surface area contributed by atoms with Gasteiger partial charge in [0.1, 0.15) is 0 Å². The molecule has 1 aliphatic carbocycles. The predicted octanol–water partition coefficient (Wildman–Crippen LogP) is 3.75. The maximum Gasteiger partial charge on any atom is 0.268 e. The first-order valence-electron chi connectivity index (χ1n) is 9.71. The molecule has 0 bridgehead atoms. The Balaban J connectivity index is 0.00000218. The average molecular weight is 447 g/mol. The largest absolute Gasteiger partial charge is 0.454 e. The lowest BCUT2D eigenvalue weighted by atomic mass is 10.0. The predicted molar refractivity (Wildman–Crippen MR) is 117 cm³/mol. The van der Waals surface area contributed by atoms with E-state index in [-0.39, 0.29) is 24.1 Å². The smallest absolute Gasteiger partial charge is 0.268 e. The topological polar surface area (TPSA) is 69.6 Å². The van der Waals surface area contributed by atoms with Gasteiger partial charge < -0.3 is 14.8 Å². The van der Waals surface area contributed by atoms with Crippen molar-refractivity contribution in [3.8, 4) is 22.8 Å². The molecule has 0 unspecified atom stereocenters. The molecule has 3 aromatic rings. The number of ether oxygens (including phenoxy) is 2. The number of aromatic nitrogens is 1. The van der Waals surface area contributed by atoms with Crippen molar-refractivity contribution in [3.05, 3.63) is 65.4 Å². The van der Waals surface area contributed by atoms with Gasteiger partial charge in [0, 0.05) is 24.4 Å². The average Bonchev–Trinajstić information content (AvgIpc) is 3.28. The molecule has 0 spiro atoms. The number of hydrogen-bond acceptors (Lipinski definition) is 5. The van der Waals surface area contributed by atoms with Gasteiger partial charge in [-0.3, -0.25) is 0 Å². The highest BCUT2D eigenvalue weighted by atomic mass is 35.5. The van der Waals surface area contributed by atoms with Crippen LogP contribution in [0.3, 0.4) is 0 Å². The molecule has 8 heteroatoms. The number of hydrogen-bond donors (Lipinski definition) is 1. The molecule has 158 valence electrons. The molecule has 0 saturated carbocycles. The van der Waals surface area contributed by atoms with Gasteiger partial charge in [-0.2, -0.15) is 0 Å².